The molecule has 0 aliphatic carbocycles. The summed E-state index contributed by atoms with van der Waals surface area (Å²) < 4.78 is 0. The lowest BCUT2D eigenvalue weighted by molar-refractivity contribution is 0.0988. The predicted octanol–water partition coefficient (Wildman–Crippen LogP) is 4.65. The Labute approximate surface area is 162 Å². The third-order valence-corrected chi connectivity index (χ3v) is 4.22. The Balaban J connectivity index is 1.81. The molecule has 136 valence electrons. The van der Waals surface area contributed by atoms with Crippen molar-refractivity contribution in [3.63, 3.8) is 0 Å². The summed E-state index contributed by atoms with van der Waals surface area (Å²) in [5.41, 5.74) is 1.97. The second-order valence-electron chi connectivity index (χ2n) is 5.78. The zero-order valence-electron chi connectivity index (χ0n) is 14.7. The highest BCUT2D eigenvalue weighted by Gasteiger charge is 2.18. The molecule has 1 N–H and O–H groups in total. The van der Waals surface area contributed by atoms with E-state index >= 15 is 0 Å². The van der Waals surface area contributed by atoms with Crippen LogP contribution in [0.1, 0.15) is 27.8 Å². The number of nitrogens with one attached hydrogen (secondary N) is 1. The second-order valence-corrected chi connectivity index (χ2v) is 6.21. The molecule has 27 heavy (non-hydrogen) atoms. The lowest BCUT2D eigenvalue weighted by Crippen LogP contribution is -2.30. The smallest absolute Gasteiger partial charge is 0.274 e. The highest BCUT2D eigenvalue weighted by atomic mass is 35.5. The first kappa shape index (κ1) is 18.6. The van der Waals surface area contributed by atoms with Gasteiger partial charge in [-0.3, -0.25) is 14.6 Å². The van der Waals surface area contributed by atoms with Gasteiger partial charge in [-0.2, -0.15) is 0 Å². The average molecular weight is 380 g/mol. The van der Waals surface area contributed by atoms with E-state index < -0.39 is 5.91 Å². The van der Waals surface area contributed by atoms with Gasteiger partial charge in [-0.1, -0.05) is 29.8 Å². The third-order valence-electron chi connectivity index (χ3n) is 3.97. The molecule has 2 amide bonds. The molecular weight excluding hydrogens is 362 g/mol. The normalized spacial score (nSPS) is 10.3. The Morgan fingerprint density at radius 2 is 1.74 bits per heavy atom. The number of amides is 2. The predicted molar refractivity (Wildman–Crippen MR) is 107 cm³/mol. The monoisotopic (exact) mass is 379 g/mol. The summed E-state index contributed by atoms with van der Waals surface area (Å²) in [5, 5.41) is 3.32. The van der Waals surface area contributed by atoms with E-state index in [1.807, 2.05) is 37.3 Å². The minimum atomic E-state index is -0.394. The molecule has 0 aliphatic rings. The summed E-state index contributed by atoms with van der Waals surface area (Å²) in [7, 11) is 0. The van der Waals surface area contributed by atoms with E-state index in [2.05, 4.69) is 10.3 Å². The number of para-hydroxylation sites is 1. The summed E-state index contributed by atoms with van der Waals surface area (Å²) in [6.45, 7) is 2.41. The van der Waals surface area contributed by atoms with Gasteiger partial charge in [0, 0.05) is 34.7 Å². The molecule has 3 aromatic rings. The van der Waals surface area contributed by atoms with Gasteiger partial charge in [0.15, 0.2) is 0 Å². The number of halogens is 1. The number of carbonyl (C=O) groups excluding carboxylic acids is 2. The number of hydrogen-bond acceptors (Lipinski definition) is 3. The second kappa shape index (κ2) is 8.47. The van der Waals surface area contributed by atoms with Gasteiger partial charge >= 0.3 is 0 Å². The van der Waals surface area contributed by atoms with Gasteiger partial charge in [0.25, 0.3) is 11.8 Å². The largest absolute Gasteiger partial charge is 0.321 e. The number of pyridine rings is 1. The molecule has 0 bridgehead atoms. The van der Waals surface area contributed by atoms with Crippen molar-refractivity contribution in [1.29, 1.82) is 0 Å². The van der Waals surface area contributed by atoms with Crippen LogP contribution < -0.4 is 10.2 Å². The highest BCUT2D eigenvalue weighted by molar-refractivity contribution is 6.30. The number of rotatable bonds is 5. The number of hydrogen-bond donors (Lipinski definition) is 1. The maximum absolute atomic E-state index is 12.9. The van der Waals surface area contributed by atoms with E-state index in [1.165, 1.54) is 12.3 Å². The molecule has 0 saturated heterocycles. The van der Waals surface area contributed by atoms with Gasteiger partial charge in [-0.05, 0) is 55.5 Å². The van der Waals surface area contributed by atoms with Crippen molar-refractivity contribution < 1.29 is 9.59 Å². The first-order chi connectivity index (χ1) is 13.1. The van der Waals surface area contributed by atoms with Crippen molar-refractivity contribution in [2.45, 2.75) is 6.92 Å². The molecule has 6 heteroatoms. The maximum atomic E-state index is 12.9. The number of carbonyl (C=O) groups is 2. The maximum Gasteiger partial charge on any atom is 0.274 e. The molecular formula is C21H18ClN3O2. The lowest BCUT2D eigenvalue weighted by Gasteiger charge is -2.21. The molecule has 1 aromatic heterocycles. The van der Waals surface area contributed by atoms with Crippen LogP contribution in [0.2, 0.25) is 5.02 Å². The van der Waals surface area contributed by atoms with Crippen LogP contribution in [-0.4, -0.2) is 23.3 Å². The summed E-state index contributed by atoms with van der Waals surface area (Å²) in [5.74, 6) is -0.582. The Kier molecular flexibility index (Phi) is 5.84. The van der Waals surface area contributed by atoms with Gasteiger partial charge < -0.3 is 10.2 Å². The van der Waals surface area contributed by atoms with Gasteiger partial charge in [0.05, 0.1) is 0 Å². The third kappa shape index (κ3) is 4.51. The van der Waals surface area contributed by atoms with E-state index in [-0.39, 0.29) is 11.6 Å². The molecule has 2 aromatic carbocycles. The van der Waals surface area contributed by atoms with Crippen molar-refractivity contribution in [1.82, 2.24) is 4.98 Å². The molecule has 0 atom stereocenters. The summed E-state index contributed by atoms with van der Waals surface area (Å²) >= 11 is 5.85. The summed E-state index contributed by atoms with van der Waals surface area (Å²) in [4.78, 5) is 31.1. The molecule has 0 fully saturated rings. The Hall–Kier alpha value is -3.18. The Morgan fingerprint density at radius 3 is 2.41 bits per heavy atom. The van der Waals surface area contributed by atoms with Gasteiger partial charge in [0.1, 0.15) is 5.69 Å². The summed E-state index contributed by atoms with van der Waals surface area (Å²) in [6, 6.07) is 19.3. The van der Waals surface area contributed by atoms with Crippen molar-refractivity contribution in [2.75, 3.05) is 16.8 Å². The molecule has 0 radical (unpaired) electrons. The van der Waals surface area contributed by atoms with Crippen LogP contribution in [0.3, 0.4) is 0 Å². The molecule has 0 aliphatic heterocycles. The van der Waals surface area contributed by atoms with Crippen LogP contribution in [-0.2, 0) is 0 Å². The highest BCUT2D eigenvalue weighted by Crippen LogP contribution is 2.18. The molecule has 0 saturated carbocycles. The van der Waals surface area contributed by atoms with E-state index in [4.69, 9.17) is 11.6 Å². The first-order valence-corrected chi connectivity index (χ1v) is 8.86. The number of nitrogens with zero attached hydrogens (tertiary/aromatic N) is 2. The quantitative estimate of drug-likeness (QED) is 0.701. The SMILES string of the molecule is CCN(C(=O)c1ccnc(C(=O)Nc2ccc(Cl)cc2)c1)c1ccccc1. The van der Waals surface area contributed by atoms with Crippen molar-refractivity contribution in [3.05, 3.63) is 89.2 Å². The number of benzene rings is 2. The fourth-order valence-corrected chi connectivity index (χ4v) is 2.75. The zero-order chi connectivity index (χ0) is 19.2. The van der Waals surface area contributed by atoms with Crippen LogP contribution in [0, 0.1) is 0 Å². The van der Waals surface area contributed by atoms with E-state index in [1.54, 1.807) is 35.2 Å². The van der Waals surface area contributed by atoms with Crippen LogP contribution in [0.15, 0.2) is 72.9 Å². The first-order valence-electron chi connectivity index (χ1n) is 8.48. The Morgan fingerprint density at radius 1 is 1.04 bits per heavy atom. The molecule has 1 heterocycles. The molecule has 5 nitrogen and oxygen atoms in total. The van der Waals surface area contributed by atoms with E-state index in [0.29, 0.717) is 22.8 Å². The number of aromatic nitrogens is 1. The van der Waals surface area contributed by atoms with Crippen LogP contribution in [0.5, 0.6) is 0 Å². The van der Waals surface area contributed by atoms with Crippen molar-refractivity contribution in [2.24, 2.45) is 0 Å². The van der Waals surface area contributed by atoms with Crippen LogP contribution in [0.25, 0.3) is 0 Å². The van der Waals surface area contributed by atoms with Crippen LogP contribution in [0.4, 0.5) is 11.4 Å². The van der Waals surface area contributed by atoms with E-state index in [9.17, 15) is 9.59 Å². The van der Waals surface area contributed by atoms with E-state index in [0.717, 1.165) is 5.69 Å². The molecule has 0 spiro atoms. The average Bonchev–Trinajstić information content (AvgIpc) is 2.71. The standard InChI is InChI=1S/C21H18ClN3O2/c1-2-25(18-6-4-3-5-7-18)21(27)15-12-13-23-19(14-15)20(26)24-17-10-8-16(22)9-11-17/h3-14H,2H2,1H3,(H,24,26). The topological polar surface area (TPSA) is 62.3 Å². The van der Waals surface area contributed by atoms with Gasteiger partial charge in [-0.25, -0.2) is 0 Å². The minimum absolute atomic E-state index is 0.167. The Bertz CT molecular complexity index is 943. The molecule has 0 unspecified atom stereocenters. The number of anilines is 2. The van der Waals surface area contributed by atoms with Gasteiger partial charge in [-0.15, -0.1) is 0 Å². The van der Waals surface area contributed by atoms with Crippen LogP contribution >= 0.6 is 11.6 Å². The van der Waals surface area contributed by atoms with Crippen molar-refractivity contribution >= 4 is 34.8 Å². The van der Waals surface area contributed by atoms with Crippen molar-refractivity contribution in [3.8, 4) is 0 Å². The fourth-order valence-electron chi connectivity index (χ4n) is 2.62. The minimum Gasteiger partial charge on any atom is -0.321 e. The summed E-state index contributed by atoms with van der Waals surface area (Å²) in [6.07, 6.45) is 1.46. The molecule has 3 rings (SSSR count). The zero-order valence-corrected chi connectivity index (χ0v) is 15.5. The van der Waals surface area contributed by atoms with Gasteiger partial charge in [0.2, 0.25) is 0 Å². The lowest BCUT2D eigenvalue weighted by atomic mass is 10.1. The fraction of sp³-hybridized carbons (Fsp3) is 0.0952.